The van der Waals surface area contributed by atoms with Crippen LogP contribution in [0.25, 0.3) is 0 Å². The Morgan fingerprint density at radius 1 is 1.26 bits per heavy atom. The summed E-state index contributed by atoms with van der Waals surface area (Å²) in [5.41, 5.74) is 9.29. The molecule has 2 aromatic carbocycles. The van der Waals surface area contributed by atoms with E-state index in [9.17, 15) is 0 Å². The van der Waals surface area contributed by atoms with E-state index >= 15 is 0 Å². The normalized spacial score (nSPS) is 10.3. The van der Waals surface area contributed by atoms with E-state index in [1.807, 2.05) is 50.2 Å². The van der Waals surface area contributed by atoms with Gasteiger partial charge in [0.1, 0.15) is 5.75 Å². The molecule has 2 aromatic rings. The van der Waals surface area contributed by atoms with Gasteiger partial charge in [0.05, 0.1) is 17.3 Å². The van der Waals surface area contributed by atoms with Crippen LogP contribution >= 0.6 is 11.6 Å². The van der Waals surface area contributed by atoms with Crippen LogP contribution in [0.3, 0.4) is 0 Å². The van der Waals surface area contributed by atoms with E-state index in [-0.39, 0.29) is 0 Å². The monoisotopic (exact) mass is 276 g/mol. The van der Waals surface area contributed by atoms with E-state index in [2.05, 4.69) is 5.32 Å². The van der Waals surface area contributed by atoms with Crippen LogP contribution in [0.2, 0.25) is 5.02 Å². The third-order valence-electron chi connectivity index (χ3n) is 2.77. The zero-order valence-corrected chi connectivity index (χ0v) is 11.8. The van der Waals surface area contributed by atoms with Crippen molar-refractivity contribution in [2.24, 2.45) is 0 Å². The van der Waals surface area contributed by atoms with Gasteiger partial charge in [-0.2, -0.15) is 0 Å². The Morgan fingerprint density at radius 3 is 2.79 bits per heavy atom. The van der Waals surface area contributed by atoms with Crippen LogP contribution in [-0.4, -0.2) is 6.61 Å². The van der Waals surface area contributed by atoms with E-state index in [0.717, 1.165) is 22.7 Å². The van der Waals surface area contributed by atoms with Crippen molar-refractivity contribution in [3.05, 3.63) is 47.0 Å². The van der Waals surface area contributed by atoms with Crippen molar-refractivity contribution in [2.45, 2.75) is 13.8 Å². The van der Waals surface area contributed by atoms with E-state index in [4.69, 9.17) is 22.1 Å². The lowest BCUT2D eigenvalue weighted by atomic mass is 10.1. The van der Waals surface area contributed by atoms with Gasteiger partial charge in [-0.25, -0.2) is 0 Å². The third kappa shape index (κ3) is 3.32. The highest BCUT2D eigenvalue weighted by Gasteiger charge is 2.04. The Hall–Kier alpha value is -1.87. The van der Waals surface area contributed by atoms with Gasteiger partial charge in [0, 0.05) is 17.4 Å². The number of nitrogen functional groups attached to an aromatic ring is 1. The second kappa shape index (κ2) is 5.85. The molecule has 0 aliphatic heterocycles. The Kier molecular flexibility index (Phi) is 4.17. The van der Waals surface area contributed by atoms with E-state index in [0.29, 0.717) is 17.3 Å². The highest BCUT2D eigenvalue weighted by Crippen LogP contribution is 2.29. The Morgan fingerprint density at radius 2 is 2.05 bits per heavy atom. The van der Waals surface area contributed by atoms with Crippen LogP contribution < -0.4 is 15.8 Å². The number of hydrogen-bond donors (Lipinski definition) is 2. The molecule has 100 valence electrons. The van der Waals surface area contributed by atoms with Crippen LogP contribution in [0.4, 0.5) is 17.1 Å². The predicted octanol–water partition coefficient (Wildman–Crippen LogP) is 4.37. The summed E-state index contributed by atoms with van der Waals surface area (Å²) in [4.78, 5) is 0. The van der Waals surface area contributed by atoms with Gasteiger partial charge in [-0.05, 0) is 43.7 Å². The Balaban J connectivity index is 2.25. The summed E-state index contributed by atoms with van der Waals surface area (Å²) in [6.07, 6.45) is 0. The van der Waals surface area contributed by atoms with Crippen molar-refractivity contribution in [3.8, 4) is 5.75 Å². The van der Waals surface area contributed by atoms with Crippen molar-refractivity contribution in [1.82, 2.24) is 0 Å². The minimum atomic E-state index is 0.550. The van der Waals surface area contributed by atoms with Gasteiger partial charge in [-0.3, -0.25) is 0 Å². The van der Waals surface area contributed by atoms with Gasteiger partial charge in [0.15, 0.2) is 0 Å². The number of hydrogen-bond acceptors (Lipinski definition) is 3. The van der Waals surface area contributed by atoms with E-state index in [1.54, 1.807) is 0 Å². The number of benzene rings is 2. The number of halogens is 1. The lowest BCUT2D eigenvalue weighted by Crippen LogP contribution is -1.97. The molecular weight excluding hydrogens is 260 g/mol. The maximum atomic E-state index is 6.04. The molecule has 0 spiro atoms. The number of nitrogens with one attached hydrogen (secondary N) is 1. The van der Waals surface area contributed by atoms with Crippen molar-refractivity contribution in [1.29, 1.82) is 0 Å². The summed E-state index contributed by atoms with van der Waals surface area (Å²) >= 11 is 6.04. The van der Waals surface area contributed by atoms with Crippen molar-refractivity contribution in [3.63, 3.8) is 0 Å². The summed E-state index contributed by atoms with van der Waals surface area (Å²) in [5, 5.41) is 3.87. The molecule has 0 aliphatic carbocycles. The van der Waals surface area contributed by atoms with Crippen LogP contribution in [0.15, 0.2) is 36.4 Å². The fraction of sp³-hybridized carbons (Fsp3) is 0.200. The molecular formula is C15H17ClN2O. The summed E-state index contributed by atoms with van der Waals surface area (Å²) in [6.45, 7) is 4.60. The first-order valence-electron chi connectivity index (χ1n) is 6.15. The van der Waals surface area contributed by atoms with Crippen LogP contribution in [0.5, 0.6) is 5.75 Å². The number of nitrogens with two attached hydrogens (primary N) is 1. The van der Waals surface area contributed by atoms with E-state index in [1.165, 1.54) is 0 Å². The topological polar surface area (TPSA) is 47.3 Å². The fourth-order valence-electron chi connectivity index (χ4n) is 1.82. The second-order valence-corrected chi connectivity index (χ2v) is 4.68. The SMILES string of the molecule is CCOc1cccc(Nc2cc(Cl)c(N)cc2C)c1. The zero-order valence-electron chi connectivity index (χ0n) is 11.0. The molecule has 3 nitrogen and oxygen atoms in total. The first kappa shape index (κ1) is 13.6. The summed E-state index contributed by atoms with van der Waals surface area (Å²) in [6, 6.07) is 11.5. The van der Waals surface area contributed by atoms with Gasteiger partial charge in [0.2, 0.25) is 0 Å². The highest BCUT2D eigenvalue weighted by atomic mass is 35.5. The fourth-order valence-corrected chi connectivity index (χ4v) is 1.99. The van der Waals surface area contributed by atoms with Crippen LogP contribution in [0.1, 0.15) is 12.5 Å². The molecule has 0 saturated heterocycles. The largest absolute Gasteiger partial charge is 0.494 e. The molecule has 0 radical (unpaired) electrons. The number of anilines is 3. The molecule has 0 atom stereocenters. The Labute approximate surface area is 118 Å². The molecule has 0 heterocycles. The standard InChI is InChI=1S/C15H17ClN2O/c1-3-19-12-6-4-5-11(8-12)18-15-9-13(16)14(17)7-10(15)2/h4-9,18H,3,17H2,1-2H3. The lowest BCUT2D eigenvalue weighted by molar-refractivity contribution is 0.340. The van der Waals surface area contributed by atoms with Gasteiger partial charge < -0.3 is 15.8 Å². The predicted molar refractivity (Wildman–Crippen MR) is 81.5 cm³/mol. The minimum Gasteiger partial charge on any atom is -0.494 e. The molecule has 0 amide bonds. The minimum absolute atomic E-state index is 0.550. The average Bonchev–Trinajstić information content (AvgIpc) is 2.37. The summed E-state index contributed by atoms with van der Waals surface area (Å²) < 4.78 is 5.47. The molecule has 2 rings (SSSR count). The molecule has 0 fully saturated rings. The highest BCUT2D eigenvalue weighted by molar-refractivity contribution is 6.33. The first-order valence-corrected chi connectivity index (χ1v) is 6.53. The molecule has 19 heavy (non-hydrogen) atoms. The van der Waals surface area contributed by atoms with Gasteiger partial charge in [-0.15, -0.1) is 0 Å². The maximum Gasteiger partial charge on any atom is 0.121 e. The van der Waals surface area contributed by atoms with Gasteiger partial charge in [-0.1, -0.05) is 17.7 Å². The van der Waals surface area contributed by atoms with Crippen molar-refractivity contribution < 1.29 is 4.74 Å². The van der Waals surface area contributed by atoms with Gasteiger partial charge in [0.25, 0.3) is 0 Å². The van der Waals surface area contributed by atoms with Crippen LogP contribution in [-0.2, 0) is 0 Å². The molecule has 0 saturated carbocycles. The quantitative estimate of drug-likeness (QED) is 0.815. The first-order chi connectivity index (χ1) is 9.10. The summed E-state index contributed by atoms with van der Waals surface area (Å²) in [5.74, 6) is 0.840. The maximum absolute atomic E-state index is 6.04. The van der Waals surface area contributed by atoms with Crippen molar-refractivity contribution in [2.75, 3.05) is 17.7 Å². The number of rotatable bonds is 4. The molecule has 3 N–H and O–H groups in total. The number of aryl methyl sites for hydroxylation is 1. The third-order valence-corrected chi connectivity index (χ3v) is 3.10. The average molecular weight is 277 g/mol. The smallest absolute Gasteiger partial charge is 0.121 e. The number of ether oxygens (including phenoxy) is 1. The van der Waals surface area contributed by atoms with Gasteiger partial charge >= 0.3 is 0 Å². The molecule has 4 heteroatoms. The molecule has 0 bridgehead atoms. The van der Waals surface area contributed by atoms with Crippen molar-refractivity contribution >= 4 is 28.7 Å². The molecule has 0 aliphatic rings. The zero-order chi connectivity index (χ0) is 13.8. The molecule has 0 unspecified atom stereocenters. The van der Waals surface area contributed by atoms with Crippen LogP contribution in [0, 0.1) is 6.92 Å². The Bertz CT molecular complexity index is 584. The summed E-state index contributed by atoms with van der Waals surface area (Å²) in [7, 11) is 0. The molecule has 0 aromatic heterocycles. The second-order valence-electron chi connectivity index (χ2n) is 4.27. The lowest BCUT2D eigenvalue weighted by Gasteiger charge is -2.12. The van der Waals surface area contributed by atoms with E-state index < -0.39 is 0 Å².